The number of hydrogen-bond donors (Lipinski definition) is 1. The van der Waals surface area contributed by atoms with Crippen LogP contribution in [0.15, 0.2) is 60.8 Å². The van der Waals surface area contributed by atoms with Gasteiger partial charge in [-0.25, -0.2) is 0 Å². The summed E-state index contributed by atoms with van der Waals surface area (Å²) in [6.45, 7) is 8.15. The van der Waals surface area contributed by atoms with Crippen LogP contribution in [0, 0.1) is 5.41 Å². The Labute approximate surface area is 267 Å². The molecule has 3 aromatic rings. The van der Waals surface area contributed by atoms with Crippen LogP contribution in [-0.4, -0.2) is 82.0 Å². The van der Waals surface area contributed by atoms with E-state index in [-0.39, 0.29) is 17.7 Å². The average molecular weight is 615 g/mol. The minimum absolute atomic E-state index is 0.00268. The second kappa shape index (κ2) is 14.6. The van der Waals surface area contributed by atoms with E-state index in [9.17, 15) is 14.4 Å². The molecule has 4 rings (SSSR count). The van der Waals surface area contributed by atoms with Gasteiger partial charge in [-0.05, 0) is 75.6 Å². The molecule has 0 aliphatic carbocycles. The molecule has 0 saturated carbocycles. The number of hydrogen-bond acceptors (Lipinski definition) is 7. The highest BCUT2D eigenvalue weighted by molar-refractivity contribution is 6.20. The predicted molar refractivity (Wildman–Crippen MR) is 179 cm³/mol. The summed E-state index contributed by atoms with van der Waals surface area (Å²) >= 11 is 0. The monoisotopic (exact) mass is 614 g/mol. The zero-order chi connectivity index (χ0) is 32.7. The zero-order valence-corrected chi connectivity index (χ0v) is 27.6. The number of benzene rings is 2. The lowest BCUT2D eigenvalue weighted by molar-refractivity contribution is -0.137. The lowest BCUT2D eigenvalue weighted by atomic mass is 9.90. The maximum atomic E-state index is 13.1. The van der Waals surface area contributed by atoms with Crippen LogP contribution >= 0.6 is 0 Å². The first-order chi connectivity index (χ1) is 21.4. The van der Waals surface area contributed by atoms with Gasteiger partial charge >= 0.3 is 0 Å². The Kier molecular flexibility index (Phi) is 10.8. The van der Waals surface area contributed by atoms with Crippen LogP contribution in [0.3, 0.4) is 0 Å². The van der Waals surface area contributed by atoms with Gasteiger partial charge in [-0.2, -0.15) is 0 Å². The first kappa shape index (κ1) is 33.5. The third kappa shape index (κ3) is 7.62. The molecular weight excluding hydrogens is 568 g/mol. The molecule has 0 bridgehead atoms. The third-order valence-corrected chi connectivity index (χ3v) is 8.18. The number of carbonyl (C=O) groups is 3. The van der Waals surface area contributed by atoms with Crippen molar-refractivity contribution in [1.29, 1.82) is 0 Å². The molecule has 2 heterocycles. The number of ether oxygens (including phenoxy) is 1. The van der Waals surface area contributed by atoms with E-state index in [0.717, 1.165) is 29.8 Å². The highest BCUT2D eigenvalue weighted by Crippen LogP contribution is 2.40. The number of carbonyl (C=O) groups excluding carboxylic acids is 3. The molecule has 1 aliphatic rings. The Bertz CT molecular complexity index is 1520. The highest BCUT2D eigenvalue weighted by atomic mass is 16.5. The second-order valence-electron chi connectivity index (χ2n) is 12.1. The summed E-state index contributed by atoms with van der Waals surface area (Å²) in [6.07, 6.45) is 3.35. The van der Waals surface area contributed by atoms with Gasteiger partial charge in [-0.3, -0.25) is 19.4 Å². The number of aromatic nitrogens is 1. The summed E-state index contributed by atoms with van der Waals surface area (Å²) in [5, 5.41) is 3.43. The van der Waals surface area contributed by atoms with Crippen molar-refractivity contribution in [1.82, 2.24) is 15.2 Å². The van der Waals surface area contributed by atoms with E-state index in [0.29, 0.717) is 55.5 Å². The number of likely N-dealkylation sites (N-methyl/N-ethyl adjacent to an activating group) is 1. The van der Waals surface area contributed by atoms with Crippen LogP contribution in [0.1, 0.15) is 48.8 Å². The van der Waals surface area contributed by atoms with Crippen molar-refractivity contribution in [2.75, 3.05) is 69.1 Å². The SMILES string of the molecule is CCN1C(=O)C(C)(C)C(=O)N(C)c2cc(OCCCc3cc(CNCCN(C)C(=O)c4ccccc4N(C)C)ccn3)ccc21. The van der Waals surface area contributed by atoms with Gasteiger partial charge in [0.05, 0.1) is 23.5 Å². The molecule has 0 unspecified atom stereocenters. The minimum Gasteiger partial charge on any atom is -0.494 e. The van der Waals surface area contributed by atoms with Crippen LogP contribution in [0.5, 0.6) is 5.75 Å². The van der Waals surface area contributed by atoms with Crippen molar-refractivity contribution < 1.29 is 19.1 Å². The van der Waals surface area contributed by atoms with E-state index in [1.165, 1.54) is 0 Å². The Morgan fingerprint density at radius 2 is 1.76 bits per heavy atom. The second-order valence-corrected chi connectivity index (χ2v) is 12.1. The van der Waals surface area contributed by atoms with Crippen molar-refractivity contribution in [3.63, 3.8) is 0 Å². The number of aryl methyl sites for hydroxylation is 1. The first-order valence-corrected chi connectivity index (χ1v) is 15.5. The number of para-hydroxylation sites is 1. The summed E-state index contributed by atoms with van der Waals surface area (Å²) < 4.78 is 6.05. The number of nitrogens with one attached hydrogen (secondary N) is 1. The Morgan fingerprint density at radius 1 is 1.00 bits per heavy atom. The summed E-state index contributed by atoms with van der Waals surface area (Å²) in [6, 6.07) is 17.3. The number of rotatable bonds is 13. The molecular formula is C35H46N6O4. The Morgan fingerprint density at radius 3 is 2.49 bits per heavy atom. The molecule has 0 fully saturated rings. The van der Waals surface area contributed by atoms with Crippen LogP contribution in [0.2, 0.25) is 0 Å². The molecule has 10 nitrogen and oxygen atoms in total. The summed E-state index contributed by atoms with van der Waals surface area (Å²) in [5.74, 6) is 0.205. The van der Waals surface area contributed by atoms with Crippen LogP contribution < -0.4 is 24.8 Å². The maximum Gasteiger partial charge on any atom is 0.255 e. The molecule has 1 aromatic heterocycles. The van der Waals surface area contributed by atoms with E-state index < -0.39 is 5.41 Å². The van der Waals surface area contributed by atoms with Crippen LogP contribution in [0.25, 0.3) is 0 Å². The lowest BCUT2D eigenvalue weighted by Crippen LogP contribution is -2.47. The fourth-order valence-electron chi connectivity index (χ4n) is 5.52. The quantitative estimate of drug-likeness (QED) is 0.226. The standard InChI is InChI=1S/C35H46N6O4/c1-8-41-30-16-15-27(23-31(30)40(7)33(43)35(2,3)34(41)44)45-21-11-12-26-22-25(17-18-37-26)24-36-19-20-39(6)32(42)28-13-9-10-14-29(28)38(4)5/h9-10,13-18,22-23,36H,8,11-12,19-21,24H2,1-7H3. The topological polar surface area (TPSA) is 98.3 Å². The van der Waals surface area contributed by atoms with Gasteiger partial charge in [0.25, 0.3) is 5.91 Å². The van der Waals surface area contributed by atoms with E-state index in [2.05, 4.69) is 16.4 Å². The maximum absolute atomic E-state index is 13.1. The lowest BCUT2D eigenvalue weighted by Gasteiger charge is -2.27. The van der Waals surface area contributed by atoms with E-state index in [1.807, 2.05) is 87.7 Å². The molecule has 3 amide bonds. The third-order valence-electron chi connectivity index (χ3n) is 8.18. The molecule has 240 valence electrons. The molecule has 45 heavy (non-hydrogen) atoms. The smallest absolute Gasteiger partial charge is 0.255 e. The molecule has 0 saturated heterocycles. The van der Waals surface area contributed by atoms with E-state index in [4.69, 9.17) is 4.74 Å². The molecule has 1 N–H and O–H groups in total. The van der Waals surface area contributed by atoms with Crippen molar-refractivity contribution >= 4 is 34.8 Å². The largest absolute Gasteiger partial charge is 0.494 e. The van der Waals surface area contributed by atoms with Gasteiger partial charge in [0.2, 0.25) is 11.8 Å². The van der Waals surface area contributed by atoms with Crippen LogP contribution in [0.4, 0.5) is 17.1 Å². The van der Waals surface area contributed by atoms with Gasteiger partial charge in [-0.1, -0.05) is 12.1 Å². The van der Waals surface area contributed by atoms with Gasteiger partial charge in [0.15, 0.2) is 0 Å². The molecule has 0 spiro atoms. The number of amides is 3. The van der Waals surface area contributed by atoms with Crippen LogP contribution in [-0.2, 0) is 22.6 Å². The number of fused-ring (bicyclic) bond motifs is 1. The van der Waals surface area contributed by atoms with Gasteiger partial charge in [0, 0.05) is 78.0 Å². The average Bonchev–Trinajstić information content (AvgIpc) is 3.09. The highest BCUT2D eigenvalue weighted by Gasteiger charge is 2.45. The Hall–Kier alpha value is -4.44. The summed E-state index contributed by atoms with van der Waals surface area (Å²) in [7, 11) is 7.41. The molecule has 0 atom stereocenters. The minimum atomic E-state index is -1.14. The van der Waals surface area contributed by atoms with Crippen molar-refractivity contribution in [3.05, 3.63) is 77.6 Å². The predicted octanol–water partition coefficient (Wildman–Crippen LogP) is 4.38. The number of anilines is 3. The van der Waals surface area contributed by atoms with Gasteiger partial charge < -0.3 is 29.7 Å². The van der Waals surface area contributed by atoms with Crippen molar-refractivity contribution in [2.24, 2.45) is 5.41 Å². The van der Waals surface area contributed by atoms with E-state index >= 15 is 0 Å². The fourth-order valence-corrected chi connectivity index (χ4v) is 5.52. The normalized spacial score (nSPS) is 14.2. The van der Waals surface area contributed by atoms with Crippen molar-refractivity contribution in [2.45, 2.75) is 40.2 Å². The molecule has 1 aliphatic heterocycles. The zero-order valence-electron chi connectivity index (χ0n) is 27.6. The molecule has 10 heteroatoms. The molecule has 2 aromatic carbocycles. The number of nitrogens with zero attached hydrogens (tertiary/aromatic N) is 5. The first-order valence-electron chi connectivity index (χ1n) is 15.5. The van der Waals surface area contributed by atoms with Crippen molar-refractivity contribution in [3.8, 4) is 5.75 Å². The molecule has 0 radical (unpaired) electrons. The Balaban J connectivity index is 1.25. The summed E-state index contributed by atoms with van der Waals surface area (Å²) in [5.41, 5.74) is 3.94. The summed E-state index contributed by atoms with van der Waals surface area (Å²) in [4.78, 5) is 50.6. The number of pyridine rings is 1. The van der Waals surface area contributed by atoms with Gasteiger partial charge in [-0.15, -0.1) is 0 Å². The van der Waals surface area contributed by atoms with E-state index in [1.54, 1.807) is 35.6 Å². The van der Waals surface area contributed by atoms with Gasteiger partial charge in [0.1, 0.15) is 11.2 Å². The fraction of sp³-hybridized carbons (Fsp3) is 0.429.